The minimum absolute atomic E-state index is 0.133. The summed E-state index contributed by atoms with van der Waals surface area (Å²) in [6.07, 6.45) is 5.30. The van der Waals surface area contributed by atoms with Gasteiger partial charge in [0.05, 0.1) is 17.3 Å². The van der Waals surface area contributed by atoms with Gasteiger partial charge in [0.1, 0.15) is 0 Å². The molecular formula is C20H22N4O3S. The van der Waals surface area contributed by atoms with E-state index >= 15 is 0 Å². The van der Waals surface area contributed by atoms with E-state index in [4.69, 9.17) is 0 Å². The molecule has 1 aromatic heterocycles. The summed E-state index contributed by atoms with van der Waals surface area (Å²) in [7, 11) is -3.53. The number of imidazole rings is 1. The third-order valence-corrected chi connectivity index (χ3v) is 5.87. The maximum Gasteiger partial charge on any atom is 0.251 e. The van der Waals surface area contributed by atoms with Gasteiger partial charge in [0.15, 0.2) is 0 Å². The molecule has 3 rings (SSSR count). The molecule has 0 saturated carbocycles. The van der Waals surface area contributed by atoms with Gasteiger partial charge in [-0.1, -0.05) is 19.1 Å². The molecule has 0 aliphatic carbocycles. The number of nitrogens with zero attached hydrogens (tertiary/aromatic N) is 2. The summed E-state index contributed by atoms with van der Waals surface area (Å²) >= 11 is 0. The lowest BCUT2D eigenvalue weighted by atomic mass is 10.1. The first-order chi connectivity index (χ1) is 13.4. The van der Waals surface area contributed by atoms with Crippen LogP contribution in [0.3, 0.4) is 0 Å². The predicted molar refractivity (Wildman–Crippen MR) is 107 cm³/mol. The molecule has 7 nitrogen and oxygen atoms in total. The van der Waals surface area contributed by atoms with Crippen LogP contribution < -0.4 is 10.0 Å². The molecule has 1 heterocycles. The Balaban J connectivity index is 1.67. The van der Waals surface area contributed by atoms with Crippen LogP contribution in [-0.4, -0.2) is 30.4 Å². The van der Waals surface area contributed by atoms with Crippen LogP contribution in [0.2, 0.25) is 0 Å². The maximum atomic E-state index is 12.5. The predicted octanol–water partition coefficient (Wildman–Crippen LogP) is 2.66. The van der Waals surface area contributed by atoms with Crippen LogP contribution in [0.1, 0.15) is 35.8 Å². The topological polar surface area (TPSA) is 93.1 Å². The zero-order valence-electron chi connectivity index (χ0n) is 15.7. The number of rotatable bonds is 7. The average Bonchev–Trinajstić information content (AvgIpc) is 3.23. The number of amides is 1. The number of sulfonamides is 1. The van der Waals surface area contributed by atoms with Crippen LogP contribution in [-0.2, 0) is 10.0 Å². The summed E-state index contributed by atoms with van der Waals surface area (Å²) in [4.78, 5) is 16.6. The van der Waals surface area contributed by atoms with Crippen molar-refractivity contribution in [3.05, 3.63) is 78.4 Å². The summed E-state index contributed by atoms with van der Waals surface area (Å²) in [6.45, 7) is 3.92. The van der Waals surface area contributed by atoms with Crippen LogP contribution in [0, 0.1) is 0 Å². The first-order valence-electron chi connectivity index (χ1n) is 8.89. The summed E-state index contributed by atoms with van der Waals surface area (Å²) in [5.41, 5.74) is 2.35. The molecular weight excluding hydrogens is 376 g/mol. The van der Waals surface area contributed by atoms with Crippen molar-refractivity contribution in [2.45, 2.75) is 24.8 Å². The van der Waals surface area contributed by atoms with E-state index < -0.39 is 10.0 Å². The Hall–Kier alpha value is -2.97. The highest BCUT2D eigenvalue weighted by atomic mass is 32.2. The Labute approximate surface area is 164 Å². The van der Waals surface area contributed by atoms with Crippen LogP contribution in [0.25, 0.3) is 5.69 Å². The van der Waals surface area contributed by atoms with Gasteiger partial charge in [0.25, 0.3) is 5.91 Å². The molecule has 28 heavy (non-hydrogen) atoms. The number of benzene rings is 2. The first kappa shape index (κ1) is 19.8. The molecule has 0 radical (unpaired) electrons. The number of aromatic nitrogens is 2. The molecule has 3 aromatic rings. The fourth-order valence-corrected chi connectivity index (χ4v) is 3.81. The van der Waals surface area contributed by atoms with Gasteiger partial charge in [-0.25, -0.2) is 18.1 Å². The zero-order valence-corrected chi connectivity index (χ0v) is 16.5. The standard InChI is InChI=1S/C20H22N4O3S/c1-3-22-28(26,27)19-10-6-17(7-11-19)20(25)23-15(2)16-4-8-18(9-5-16)24-13-12-21-14-24/h4-15,22H,3H2,1-2H3,(H,23,25). The molecule has 0 spiro atoms. The summed E-state index contributed by atoms with van der Waals surface area (Å²) in [5.74, 6) is -0.265. The molecule has 1 atom stereocenters. The molecule has 0 saturated heterocycles. The molecule has 1 amide bonds. The largest absolute Gasteiger partial charge is 0.346 e. The quantitative estimate of drug-likeness (QED) is 0.640. The second kappa shape index (κ2) is 8.37. The highest BCUT2D eigenvalue weighted by Crippen LogP contribution is 2.17. The highest BCUT2D eigenvalue weighted by molar-refractivity contribution is 7.89. The van der Waals surface area contributed by atoms with Crippen molar-refractivity contribution < 1.29 is 13.2 Å². The molecule has 146 valence electrons. The van der Waals surface area contributed by atoms with E-state index in [1.807, 2.05) is 42.0 Å². The highest BCUT2D eigenvalue weighted by Gasteiger charge is 2.15. The third kappa shape index (κ3) is 4.47. The second-order valence-corrected chi connectivity index (χ2v) is 8.05. The van der Waals surface area contributed by atoms with Gasteiger partial charge in [-0.3, -0.25) is 4.79 Å². The lowest BCUT2D eigenvalue weighted by Crippen LogP contribution is -2.27. The molecule has 2 N–H and O–H groups in total. The Morgan fingerprint density at radius 3 is 2.36 bits per heavy atom. The fourth-order valence-electron chi connectivity index (χ4n) is 2.77. The summed E-state index contributed by atoms with van der Waals surface area (Å²) in [6, 6.07) is 13.5. The van der Waals surface area contributed by atoms with E-state index in [0.29, 0.717) is 12.1 Å². The molecule has 0 aliphatic rings. The Kier molecular flexibility index (Phi) is 5.91. The van der Waals surface area contributed by atoms with Crippen LogP contribution >= 0.6 is 0 Å². The van der Waals surface area contributed by atoms with E-state index in [2.05, 4.69) is 15.0 Å². The summed E-state index contributed by atoms with van der Waals surface area (Å²) < 4.78 is 28.3. The van der Waals surface area contributed by atoms with E-state index in [9.17, 15) is 13.2 Å². The van der Waals surface area contributed by atoms with Crippen molar-refractivity contribution >= 4 is 15.9 Å². The van der Waals surface area contributed by atoms with Gasteiger partial charge in [0, 0.05) is 30.2 Å². The Morgan fingerprint density at radius 1 is 1.11 bits per heavy atom. The normalized spacial score (nSPS) is 12.5. The van der Waals surface area contributed by atoms with Crippen molar-refractivity contribution in [3.63, 3.8) is 0 Å². The number of carbonyl (C=O) groups is 1. The van der Waals surface area contributed by atoms with Crippen LogP contribution in [0.15, 0.2) is 72.1 Å². The monoisotopic (exact) mass is 398 g/mol. The van der Waals surface area contributed by atoms with E-state index in [-0.39, 0.29) is 16.8 Å². The van der Waals surface area contributed by atoms with Crippen molar-refractivity contribution in [1.82, 2.24) is 19.6 Å². The van der Waals surface area contributed by atoms with Gasteiger partial charge >= 0.3 is 0 Å². The third-order valence-electron chi connectivity index (χ3n) is 4.30. The van der Waals surface area contributed by atoms with Gasteiger partial charge in [0.2, 0.25) is 10.0 Å². The van der Waals surface area contributed by atoms with Gasteiger partial charge in [-0.15, -0.1) is 0 Å². The minimum Gasteiger partial charge on any atom is -0.346 e. The lowest BCUT2D eigenvalue weighted by molar-refractivity contribution is 0.0940. The van der Waals surface area contributed by atoms with Crippen LogP contribution in [0.5, 0.6) is 0 Å². The molecule has 1 unspecified atom stereocenters. The van der Waals surface area contributed by atoms with E-state index in [1.165, 1.54) is 24.3 Å². The maximum absolute atomic E-state index is 12.5. The SMILES string of the molecule is CCNS(=O)(=O)c1ccc(C(=O)NC(C)c2ccc(-n3ccnc3)cc2)cc1. The van der Waals surface area contributed by atoms with Gasteiger partial charge < -0.3 is 9.88 Å². The molecule has 2 aromatic carbocycles. The Morgan fingerprint density at radius 2 is 1.79 bits per heavy atom. The molecule has 0 bridgehead atoms. The number of carbonyl (C=O) groups excluding carboxylic acids is 1. The first-order valence-corrected chi connectivity index (χ1v) is 10.4. The van der Waals surface area contributed by atoms with Crippen molar-refractivity contribution in [3.8, 4) is 5.69 Å². The molecule has 8 heteroatoms. The number of hydrogen-bond acceptors (Lipinski definition) is 4. The van der Waals surface area contributed by atoms with Crippen molar-refractivity contribution in [2.24, 2.45) is 0 Å². The number of hydrogen-bond donors (Lipinski definition) is 2. The van der Waals surface area contributed by atoms with Gasteiger partial charge in [-0.2, -0.15) is 0 Å². The minimum atomic E-state index is -3.53. The zero-order chi connectivity index (χ0) is 20.1. The Bertz CT molecular complexity index is 1030. The van der Waals surface area contributed by atoms with Crippen molar-refractivity contribution in [1.29, 1.82) is 0 Å². The molecule has 0 fully saturated rings. The van der Waals surface area contributed by atoms with E-state index in [1.54, 1.807) is 19.4 Å². The smallest absolute Gasteiger partial charge is 0.251 e. The van der Waals surface area contributed by atoms with Crippen LogP contribution in [0.4, 0.5) is 0 Å². The average molecular weight is 398 g/mol. The lowest BCUT2D eigenvalue weighted by Gasteiger charge is -2.15. The molecule has 0 aliphatic heterocycles. The number of nitrogens with one attached hydrogen (secondary N) is 2. The summed E-state index contributed by atoms with van der Waals surface area (Å²) in [5, 5.41) is 2.93. The fraction of sp³-hybridized carbons (Fsp3) is 0.200. The second-order valence-electron chi connectivity index (χ2n) is 6.28. The van der Waals surface area contributed by atoms with Crippen molar-refractivity contribution in [2.75, 3.05) is 6.54 Å². The van der Waals surface area contributed by atoms with Gasteiger partial charge in [-0.05, 0) is 48.9 Å². The van der Waals surface area contributed by atoms with E-state index in [0.717, 1.165) is 11.3 Å².